The number of aryl methyl sites for hydroxylation is 1. The topological polar surface area (TPSA) is 66.5 Å². The number of benzene rings is 1. The van der Waals surface area contributed by atoms with Gasteiger partial charge in [-0.3, -0.25) is 19.7 Å². The van der Waals surface area contributed by atoms with Crippen molar-refractivity contribution in [3.05, 3.63) is 34.9 Å². The lowest BCUT2D eigenvalue weighted by molar-refractivity contribution is -0.129. The van der Waals surface area contributed by atoms with Gasteiger partial charge < -0.3 is 4.90 Å². The van der Waals surface area contributed by atoms with Gasteiger partial charge in [-0.05, 0) is 42.9 Å². The van der Waals surface area contributed by atoms with Crippen LogP contribution in [0, 0.1) is 0 Å². The van der Waals surface area contributed by atoms with E-state index in [1.165, 1.54) is 5.56 Å². The fourth-order valence-corrected chi connectivity index (χ4v) is 3.74. The van der Waals surface area contributed by atoms with Crippen molar-refractivity contribution in [1.29, 1.82) is 0 Å². The summed E-state index contributed by atoms with van der Waals surface area (Å²) in [5.74, 6) is -0.520. The van der Waals surface area contributed by atoms with E-state index < -0.39 is 11.9 Å². The second-order valence-electron chi connectivity index (χ2n) is 6.31. The van der Waals surface area contributed by atoms with Crippen molar-refractivity contribution in [2.45, 2.75) is 58.0 Å². The number of rotatable bonds is 10. The van der Waals surface area contributed by atoms with Crippen LogP contribution in [0.5, 0.6) is 0 Å². The quantitative estimate of drug-likeness (QED) is 0.367. The molecule has 1 aromatic carbocycles. The number of hydrogen-bond donors (Lipinski definition) is 1. The summed E-state index contributed by atoms with van der Waals surface area (Å²) in [4.78, 5) is 37.2. The van der Waals surface area contributed by atoms with Gasteiger partial charge in [0.25, 0.3) is 5.91 Å². The van der Waals surface area contributed by atoms with E-state index in [-0.39, 0.29) is 5.91 Å². The van der Waals surface area contributed by atoms with E-state index in [0.717, 1.165) is 43.0 Å². The van der Waals surface area contributed by atoms with E-state index >= 15 is 0 Å². The maximum atomic E-state index is 12.8. The Balaban J connectivity index is 2.18. The normalized spacial score (nSPS) is 14.3. The molecule has 2 rings (SSSR count). The largest absolute Gasteiger partial charge is 0.322 e. The van der Waals surface area contributed by atoms with E-state index in [0.29, 0.717) is 24.9 Å². The molecule has 3 amide bonds. The Morgan fingerprint density at radius 1 is 1.36 bits per heavy atom. The number of hydrogen-bond acceptors (Lipinski definition) is 3. The summed E-state index contributed by atoms with van der Waals surface area (Å²) in [6.45, 7) is 2.41. The lowest BCUT2D eigenvalue weighted by atomic mass is 9.98. The number of halogens is 1. The van der Waals surface area contributed by atoms with Crippen molar-refractivity contribution in [1.82, 2.24) is 10.2 Å². The van der Waals surface area contributed by atoms with Crippen LogP contribution in [0.4, 0.5) is 0 Å². The molecule has 25 heavy (non-hydrogen) atoms. The van der Waals surface area contributed by atoms with Crippen LogP contribution in [0.2, 0.25) is 0 Å². The molecule has 0 spiro atoms. The molecular weight excluding hydrogens is 384 g/mol. The summed E-state index contributed by atoms with van der Waals surface area (Å²) < 4.78 is 0. The van der Waals surface area contributed by atoms with E-state index in [2.05, 4.69) is 27.3 Å². The van der Waals surface area contributed by atoms with Crippen molar-refractivity contribution >= 4 is 34.2 Å². The maximum absolute atomic E-state index is 12.8. The van der Waals surface area contributed by atoms with Gasteiger partial charge >= 0.3 is 0 Å². The second kappa shape index (κ2) is 9.70. The van der Waals surface area contributed by atoms with Crippen LogP contribution in [-0.4, -0.2) is 34.5 Å². The molecule has 0 aliphatic carbocycles. The number of amides is 3. The van der Waals surface area contributed by atoms with Crippen LogP contribution in [0.1, 0.15) is 60.5 Å². The van der Waals surface area contributed by atoms with Crippen LogP contribution in [0.15, 0.2) is 18.2 Å². The van der Waals surface area contributed by atoms with Gasteiger partial charge in [0, 0.05) is 17.4 Å². The zero-order chi connectivity index (χ0) is 18.2. The van der Waals surface area contributed by atoms with E-state index in [1.54, 1.807) is 4.90 Å². The fourth-order valence-electron chi connectivity index (χ4n) is 3.35. The van der Waals surface area contributed by atoms with Gasteiger partial charge in [-0.25, -0.2) is 0 Å². The fraction of sp³-hybridized carbons (Fsp3) is 0.526. The molecule has 1 unspecified atom stereocenters. The lowest BCUT2D eigenvalue weighted by Crippen LogP contribution is -2.46. The monoisotopic (exact) mass is 408 g/mol. The minimum absolute atomic E-state index is 0.114. The standard InChI is InChI=1S/C19H25BrN2O3/c1-2-7-17(18(24)21-13-23)22-12-16-14(8-4-3-5-11-20)9-6-10-15(16)19(22)25/h6,9-10,13,17H,2-5,7-8,11-12H2,1H3,(H,21,23,24). The highest BCUT2D eigenvalue weighted by Gasteiger charge is 2.36. The Morgan fingerprint density at radius 3 is 2.84 bits per heavy atom. The molecular formula is C19H25BrN2O3. The third kappa shape index (κ3) is 4.69. The van der Waals surface area contributed by atoms with Crippen molar-refractivity contribution in [2.75, 3.05) is 5.33 Å². The second-order valence-corrected chi connectivity index (χ2v) is 7.10. The average molecular weight is 409 g/mol. The van der Waals surface area contributed by atoms with E-state index in [1.807, 2.05) is 19.1 Å². The Hall–Kier alpha value is -1.69. The van der Waals surface area contributed by atoms with Crippen LogP contribution in [-0.2, 0) is 22.6 Å². The molecule has 5 nitrogen and oxygen atoms in total. The first kappa shape index (κ1) is 19.6. The summed E-state index contributed by atoms with van der Waals surface area (Å²) in [7, 11) is 0. The van der Waals surface area contributed by atoms with Crippen molar-refractivity contribution in [3.8, 4) is 0 Å². The molecule has 6 heteroatoms. The lowest BCUT2D eigenvalue weighted by Gasteiger charge is -2.25. The molecule has 1 aliphatic heterocycles. The highest BCUT2D eigenvalue weighted by molar-refractivity contribution is 9.09. The number of carbonyl (C=O) groups is 3. The summed E-state index contributed by atoms with van der Waals surface area (Å²) in [5.41, 5.74) is 2.92. The zero-order valence-electron chi connectivity index (χ0n) is 14.6. The van der Waals surface area contributed by atoms with Crippen LogP contribution >= 0.6 is 15.9 Å². The Bertz CT molecular complexity index is 633. The van der Waals surface area contributed by atoms with E-state index in [4.69, 9.17) is 0 Å². The first-order valence-electron chi connectivity index (χ1n) is 8.85. The third-order valence-electron chi connectivity index (χ3n) is 4.61. The Kier molecular flexibility index (Phi) is 7.62. The van der Waals surface area contributed by atoms with Gasteiger partial charge in [-0.2, -0.15) is 0 Å². The zero-order valence-corrected chi connectivity index (χ0v) is 16.2. The number of nitrogens with one attached hydrogen (secondary N) is 1. The molecule has 0 radical (unpaired) electrons. The summed E-state index contributed by atoms with van der Waals surface area (Å²) in [6.07, 6.45) is 6.00. The Morgan fingerprint density at radius 2 is 2.16 bits per heavy atom. The van der Waals surface area contributed by atoms with E-state index in [9.17, 15) is 14.4 Å². The summed E-state index contributed by atoms with van der Waals surface area (Å²) in [6, 6.07) is 5.22. The van der Waals surface area contributed by atoms with Gasteiger partial charge in [0.05, 0.1) is 0 Å². The molecule has 0 saturated heterocycles. The third-order valence-corrected chi connectivity index (χ3v) is 5.18. The van der Waals surface area contributed by atoms with Gasteiger partial charge in [0.2, 0.25) is 12.3 Å². The molecule has 1 heterocycles. The molecule has 1 atom stereocenters. The maximum Gasteiger partial charge on any atom is 0.255 e. The predicted octanol–water partition coefficient (Wildman–Crippen LogP) is 3.19. The smallest absolute Gasteiger partial charge is 0.255 e. The van der Waals surface area contributed by atoms with Crippen LogP contribution < -0.4 is 5.32 Å². The first-order chi connectivity index (χ1) is 12.1. The average Bonchev–Trinajstić information content (AvgIpc) is 2.94. The molecule has 1 aromatic rings. The van der Waals surface area contributed by atoms with Crippen LogP contribution in [0.25, 0.3) is 0 Å². The van der Waals surface area contributed by atoms with Gasteiger partial charge in [-0.1, -0.05) is 47.8 Å². The van der Waals surface area contributed by atoms with Gasteiger partial charge in [-0.15, -0.1) is 0 Å². The predicted molar refractivity (Wildman–Crippen MR) is 101 cm³/mol. The molecule has 1 N–H and O–H groups in total. The molecule has 0 saturated carbocycles. The number of alkyl halides is 1. The minimum atomic E-state index is -0.601. The molecule has 0 bridgehead atoms. The molecule has 136 valence electrons. The highest BCUT2D eigenvalue weighted by Crippen LogP contribution is 2.29. The summed E-state index contributed by atoms with van der Waals surface area (Å²) in [5, 5.41) is 3.21. The van der Waals surface area contributed by atoms with Gasteiger partial charge in [0.1, 0.15) is 6.04 Å². The molecule has 0 aromatic heterocycles. The Labute approximate surface area is 157 Å². The minimum Gasteiger partial charge on any atom is -0.322 e. The SMILES string of the molecule is CCCC(C(=O)NC=O)N1Cc2c(CCCCCBr)cccc2C1=O. The molecule has 1 aliphatic rings. The number of nitrogens with zero attached hydrogens (tertiary/aromatic N) is 1. The van der Waals surface area contributed by atoms with Crippen LogP contribution in [0.3, 0.4) is 0 Å². The molecule has 0 fully saturated rings. The summed E-state index contributed by atoms with van der Waals surface area (Å²) >= 11 is 3.44. The van der Waals surface area contributed by atoms with Crippen molar-refractivity contribution in [3.63, 3.8) is 0 Å². The van der Waals surface area contributed by atoms with Crippen molar-refractivity contribution < 1.29 is 14.4 Å². The number of carbonyl (C=O) groups excluding carboxylic acids is 3. The number of unbranched alkanes of at least 4 members (excludes halogenated alkanes) is 2. The van der Waals surface area contributed by atoms with Gasteiger partial charge in [0.15, 0.2) is 0 Å². The number of imide groups is 1. The number of fused-ring (bicyclic) bond motifs is 1. The van der Waals surface area contributed by atoms with Crippen molar-refractivity contribution in [2.24, 2.45) is 0 Å². The first-order valence-corrected chi connectivity index (χ1v) is 9.97. The highest BCUT2D eigenvalue weighted by atomic mass is 79.9.